The molecule has 9 heteroatoms. The normalized spacial score (nSPS) is 15.4. The number of aromatic nitrogens is 3. The van der Waals surface area contributed by atoms with E-state index in [4.69, 9.17) is 0 Å². The van der Waals surface area contributed by atoms with E-state index in [0.29, 0.717) is 37.3 Å². The lowest BCUT2D eigenvalue weighted by Gasteiger charge is -2.27. The van der Waals surface area contributed by atoms with E-state index in [1.54, 1.807) is 6.20 Å². The Morgan fingerprint density at radius 3 is 2.91 bits per heavy atom. The summed E-state index contributed by atoms with van der Waals surface area (Å²) >= 11 is 3.42. The van der Waals surface area contributed by atoms with E-state index >= 15 is 0 Å². The first-order chi connectivity index (χ1) is 10.8. The van der Waals surface area contributed by atoms with Gasteiger partial charge >= 0.3 is 0 Å². The Hall–Kier alpha value is -1.58. The van der Waals surface area contributed by atoms with E-state index in [9.17, 15) is 13.2 Å². The third kappa shape index (κ3) is 3.51. The molecule has 0 unspecified atom stereocenters. The van der Waals surface area contributed by atoms with Crippen LogP contribution in [0.5, 0.6) is 0 Å². The zero-order valence-corrected chi connectivity index (χ0v) is 14.8. The van der Waals surface area contributed by atoms with E-state index in [2.05, 4.69) is 35.8 Å². The molecular formula is C14H15BrN4O3S. The van der Waals surface area contributed by atoms with Gasteiger partial charge in [-0.3, -0.25) is 14.7 Å². The highest BCUT2D eigenvalue weighted by atomic mass is 79.9. The van der Waals surface area contributed by atoms with Crippen molar-refractivity contribution in [3.8, 4) is 0 Å². The van der Waals surface area contributed by atoms with Crippen LogP contribution >= 0.6 is 15.9 Å². The second-order valence-corrected chi connectivity index (χ2v) is 8.16. The Morgan fingerprint density at radius 1 is 1.43 bits per heavy atom. The molecule has 7 nitrogen and oxygen atoms in total. The van der Waals surface area contributed by atoms with Crippen LogP contribution in [0.25, 0.3) is 0 Å². The largest absolute Gasteiger partial charge is 0.297 e. The number of H-pyrrole nitrogens is 1. The van der Waals surface area contributed by atoms with Gasteiger partial charge in [-0.05, 0) is 27.6 Å². The second-order valence-electron chi connectivity index (χ2n) is 5.48. The number of rotatable bonds is 3. The summed E-state index contributed by atoms with van der Waals surface area (Å²) in [6.07, 6.45) is 3.28. The molecule has 0 amide bonds. The predicted molar refractivity (Wildman–Crippen MR) is 87.7 cm³/mol. The molecule has 1 aliphatic heterocycles. The molecule has 1 aliphatic rings. The zero-order valence-electron chi connectivity index (χ0n) is 12.4. The number of hydrogen-bond acceptors (Lipinski definition) is 6. The second kappa shape index (κ2) is 6.14. The van der Waals surface area contributed by atoms with E-state index < -0.39 is 9.84 Å². The molecule has 0 saturated carbocycles. The maximum Gasteiger partial charge on any atom is 0.256 e. The smallest absolute Gasteiger partial charge is 0.256 e. The maximum atomic E-state index is 12.2. The number of halogens is 1. The summed E-state index contributed by atoms with van der Waals surface area (Å²) in [4.78, 5) is 25.0. The SMILES string of the molecule is CS(=O)(=O)c1nc2c(c(=O)[nH]1)CN(Cc1cccnc1Br)CC2. The van der Waals surface area contributed by atoms with Crippen molar-refractivity contribution in [1.82, 2.24) is 19.9 Å². The summed E-state index contributed by atoms with van der Waals surface area (Å²) in [5.41, 5.74) is 1.75. The van der Waals surface area contributed by atoms with Gasteiger partial charge in [0.15, 0.2) is 0 Å². The molecule has 2 aromatic heterocycles. The zero-order chi connectivity index (χ0) is 16.6. The Morgan fingerprint density at radius 2 is 2.22 bits per heavy atom. The van der Waals surface area contributed by atoms with Gasteiger partial charge in [0, 0.05) is 38.5 Å². The average molecular weight is 399 g/mol. The van der Waals surface area contributed by atoms with Gasteiger partial charge in [-0.25, -0.2) is 18.4 Å². The first-order valence-corrected chi connectivity index (χ1v) is 9.67. The first-order valence-electron chi connectivity index (χ1n) is 6.98. The van der Waals surface area contributed by atoms with Gasteiger partial charge in [-0.1, -0.05) is 6.07 Å². The van der Waals surface area contributed by atoms with Crippen LogP contribution in [-0.4, -0.2) is 41.1 Å². The number of sulfone groups is 1. The quantitative estimate of drug-likeness (QED) is 0.609. The molecule has 3 rings (SSSR count). The van der Waals surface area contributed by atoms with Crippen LogP contribution in [0.15, 0.2) is 32.9 Å². The van der Waals surface area contributed by atoms with Crippen LogP contribution in [0, 0.1) is 0 Å². The Labute approximate surface area is 141 Å². The summed E-state index contributed by atoms with van der Waals surface area (Å²) in [5.74, 6) is 0. The van der Waals surface area contributed by atoms with Crippen LogP contribution in [-0.2, 0) is 29.3 Å². The molecular weight excluding hydrogens is 384 g/mol. The van der Waals surface area contributed by atoms with Gasteiger partial charge in [0.2, 0.25) is 15.0 Å². The molecule has 0 spiro atoms. The van der Waals surface area contributed by atoms with E-state index in [1.807, 2.05) is 12.1 Å². The minimum atomic E-state index is -3.52. The van der Waals surface area contributed by atoms with Crippen molar-refractivity contribution in [2.45, 2.75) is 24.7 Å². The number of nitrogens with one attached hydrogen (secondary N) is 1. The lowest BCUT2D eigenvalue weighted by atomic mass is 10.1. The highest BCUT2D eigenvalue weighted by Crippen LogP contribution is 2.20. The first kappa shape index (κ1) is 16.3. The molecule has 0 bridgehead atoms. The van der Waals surface area contributed by atoms with Gasteiger partial charge < -0.3 is 0 Å². The summed E-state index contributed by atoms with van der Waals surface area (Å²) in [6.45, 7) is 1.79. The maximum absolute atomic E-state index is 12.2. The molecule has 0 saturated heterocycles. The topological polar surface area (TPSA) is 96.0 Å². The molecule has 1 N–H and O–H groups in total. The highest BCUT2D eigenvalue weighted by Gasteiger charge is 2.23. The summed E-state index contributed by atoms with van der Waals surface area (Å²) in [6, 6.07) is 3.84. The van der Waals surface area contributed by atoms with Crippen molar-refractivity contribution in [2.75, 3.05) is 12.8 Å². The summed E-state index contributed by atoms with van der Waals surface area (Å²) < 4.78 is 23.9. The molecule has 0 fully saturated rings. The Bertz CT molecular complexity index is 910. The molecule has 0 atom stereocenters. The molecule has 3 heterocycles. The fraction of sp³-hybridized carbons (Fsp3) is 0.357. The van der Waals surface area contributed by atoms with Gasteiger partial charge in [0.1, 0.15) is 4.60 Å². The molecule has 2 aromatic rings. The van der Waals surface area contributed by atoms with E-state index in [0.717, 1.165) is 16.4 Å². The molecule has 0 aliphatic carbocycles. The minimum Gasteiger partial charge on any atom is -0.297 e. The summed E-state index contributed by atoms with van der Waals surface area (Å²) in [7, 11) is -3.52. The van der Waals surface area contributed by atoms with Crippen molar-refractivity contribution in [3.05, 3.63) is 50.1 Å². The van der Waals surface area contributed by atoms with Crippen molar-refractivity contribution >= 4 is 25.8 Å². The molecule has 0 aromatic carbocycles. The van der Waals surface area contributed by atoms with E-state index in [1.165, 1.54) is 0 Å². The number of fused-ring (bicyclic) bond motifs is 1. The van der Waals surface area contributed by atoms with Gasteiger partial charge in [0.25, 0.3) is 5.56 Å². The summed E-state index contributed by atoms with van der Waals surface area (Å²) in [5, 5.41) is -0.260. The van der Waals surface area contributed by atoms with Crippen molar-refractivity contribution in [3.63, 3.8) is 0 Å². The predicted octanol–water partition coefficient (Wildman–Crippen LogP) is 0.889. The van der Waals surface area contributed by atoms with E-state index in [-0.39, 0.29) is 10.7 Å². The Kier molecular flexibility index (Phi) is 4.35. The number of aromatic amines is 1. The highest BCUT2D eigenvalue weighted by molar-refractivity contribution is 9.10. The van der Waals surface area contributed by atoms with Crippen molar-refractivity contribution in [2.24, 2.45) is 0 Å². The van der Waals surface area contributed by atoms with Crippen LogP contribution in [0.3, 0.4) is 0 Å². The van der Waals surface area contributed by atoms with Gasteiger partial charge in [0.05, 0.1) is 11.3 Å². The third-order valence-electron chi connectivity index (χ3n) is 3.71. The number of nitrogens with zero attached hydrogens (tertiary/aromatic N) is 3. The Balaban J connectivity index is 1.87. The third-order valence-corrected chi connectivity index (χ3v) is 5.32. The standard InChI is InChI=1S/C14H15BrN4O3S/c1-23(21,22)14-17-11-4-6-19(8-10(11)13(20)18-14)7-9-3-2-5-16-12(9)15/h2-3,5H,4,6-8H2,1H3,(H,17,18,20). The lowest BCUT2D eigenvalue weighted by Crippen LogP contribution is -2.36. The monoisotopic (exact) mass is 398 g/mol. The van der Waals surface area contributed by atoms with Crippen molar-refractivity contribution in [1.29, 1.82) is 0 Å². The lowest BCUT2D eigenvalue weighted by molar-refractivity contribution is 0.240. The minimum absolute atomic E-state index is 0.260. The molecule has 122 valence electrons. The number of pyridine rings is 1. The molecule has 23 heavy (non-hydrogen) atoms. The van der Waals surface area contributed by atoms with Crippen LogP contribution in [0.1, 0.15) is 16.8 Å². The van der Waals surface area contributed by atoms with Crippen LogP contribution in [0.4, 0.5) is 0 Å². The average Bonchev–Trinajstić information content (AvgIpc) is 2.49. The fourth-order valence-electron chi connectivity index (χ4n) is 2.55. The van der Waals surface area contributed by atoms with Crippen molar-refractivity contribution < 1.29 is 8.42 Å². The van der Waals surface area contributed by atoms with Gasteiger partial charge in [-0.2, -0.15) is 0 Å². The van der Waals surface area contributed by atoms with Crippen LogP contribution < -0.4 is 5.56 Å². The van der Waals surface area contributed by atoms with Gasteiger partial charge in [-0.15, -0.1) is 0 Å². The fourth-order valence-corrected chi connectivity index (χ4v) is 3.48. The number of hydrogen-bond donors (Lipinski definition) is 1. The van der Waals surface area contributed by atoms with Crippen LogP contribution in [0.2, 0.25) is 0 Å². The molecule has 0 radical (unpaired) electrons.